The molecule has 1 aliphatic carbocycles. The molecule has 1 aliphatic rings. The summed E-state index contributed by atoms with van der Waals surface area (Å²) in [4.78, 5) is 42.5. The molecule has 0 spiro atoms. The van der Waals surface area contributed by atoms with E-state index < -0.39 is 23.8 Å². The van der Waals surface area contributed by atoms with Gasteiger partial charge in [-0.05, 0) is 76.3 Å². The third-order valence-corrected chi connectivity index (χ3v) is 6.72. The summed E-state index contributed by atoms with van der Waals surface area (Å²) in [6, 6.07) is 6.33. The van der Waals surface area contributed by atoms with Crippen molar-refractivity contribution in [2.24, 2.45) is 11.8 Å². The van der Waals surface area contributed by atoms with Gasteiger partial charge in [0, 0.05) is 12.1 Å². The smallest absolute Gasteiger partial charge is 0.408 e. The Hall–Kier alpha value is -2.57. The molecule has 1 aromatic carbocycles. The fourth-order valence-electron chi connectivity index (χ4n) is 4.70. The number of amides is 3. The van der Waals surface area contributed by atoms with Crippen molar-refractivity contribution in [3.8, 4) is 0 Å². The van der Waals surface area contributed by atoms with E-state index in [0.717, 1.165) is 31.2 Å². The maximum Gasteiger partial charge on any atom is 0.408 e. The van der Waals surface area contributed by atoms with Crippen LogP contribution in [0.1, 0.15) is 105 Å². The second kappa shape index (κ2) is 13.3. The van der Waals surface area contributed by atoms with Crippen molar-refractivity contribution >= 4 is 17.9 Å². The molecule has 0 bridgehead atoms. The van der Waals surface area contributed by atoms with E-state index in [4.69, 9.17) is 4.74 Å². The van der Waals surface area contributed by atoms with Gasteiger partial charge in [0.25, 0.3) is 0 Å². The van der Waals surface area contributed by atoms with Crippen LogP contribution in [0.15, 0.2) is 24.3 Å². The predicted octanol–water partition coefficient (Wildman–Crippen LogP) is 5.77. The first kappa shape index (κ1) is 30.7. The van der Waals surface area contributed by atoms with Crippen molar-refractivity contribution in [1.29, 1.82) is 0 Å². The Bertz CT molecular complexity index is 906. The van der Waals surface area contributed by atoms with Crippen LogP contribution in [0.25, 0.3) is 0 Å². The minimum Gasteiger partial charge on any atom is -0.444 e. The van der Waals surface area contributed by atoms with Gasteiger partial charge in [-0.2, -0.15) is 0 Å². The SMILES string of the molecule is CCCC(C)NC(=O)C(c1ccc(CC)cc1)N(C(=O)C(CC(C)C)NC(=O)OC(C)(C)C)C1CC1C. The van der Waals surface area contributed by atoms with Gasteiger partial charge in [0.2, 0.25) is 11.8 Å². The first-order valence-electron chi connectivity index (χ1n) is 14.0. The number of hydrogen-bond acceptors (Lipinski definition) is 4. The van der Waals surface area contributed by atoms with Crippen LogP contribution in [0, 0.1) is 11.8 Å². The summed E-state index contributed by atoms with van der Waals surface area (Å²) in [6.45, 7) is 17.7. The molecule has 208 valence electrons. The molecule has 5 atom stereocenters. The molecular formula is C30H49N3O4. The third kappa shape index (κ3) is 9.35. The van der Waals surface area contributed by atoms with Crippen molar-refractivity contribution in [2.75, 3.05) is 0 Å². The quantitative estimate of drug-likeness (QED) is 0.370. The number of carbonyl (C=O) groups is 3. The average molecular weight is 516 g/mol. The van der Waals surface area contributed by atoms with Gasteiger partial charge in [-0.25, -0.2) is 4.79 Å². The zero-order chi connectivity index (χ0) is 27.9. The standard InChI is InChI=1S/C30H49N3O4/c1-10-12-21(6)31-27(34)26(23-15-13-22(11-2)14-16-23)33(25-18-20(25)5)28(35)24(17-19(3)4)32-29(36)37-30(7,8)9/h13-16,19-21,24-26H,10-12,17-18H2,1-9H3,(H,31,34)(H,32,36). The monoisotopic (exact) mass is 515 g/mol. The molecule has 0 aromatic heterocycles. The van der Waals surface area contributed by atoms with Crippen LogP contribution in [-0.2, 0) is 20.7 Å². The van der Waals surface area contributed by atoms with Gasteiger partial charge in [0.15, 0.2) is 0 Å². The number of benzene rings is 1. The highest BCUT2D eigenvalue weighted by Crippen LogP contribution is 2.41. The third-order valence-electron chi connectivity index (χ3n) is 6.72. The molecule has 0 saturated heterocycles. The lowest BCUT2D eigenvalue weighted by Gasteiger charge is -2.36. The number of ether oxygens (including phenoxy) is 1. The van der Waals surface area contributed by atoms with Gasteiger partial charge < -0.3 is 20.3 Å². The molecule has 0 heterocycles. The number of nitrogens with one attached hydrogen (secondary N) is 2. The first-order valence-corrected chi connectivity index (χ1v) is 14.0. The second-order valence-electron chi connectivity index (χ2n) is 12.1. The van der Waals surface area contributed by atoms with Gasteiger partial charge >= 0.3 is 6.09 Å². The molecule has 1 fully saturated rings. The molecule has 0 aliphatic heterocycles. The minimum atomic E-state index is -0.791. The van der Waals surface area contributed by atoms with E-state index in [9.17, 15) is 14.4 Å². The summed E-state index contributed by atoms with van der Waals surface area (Å²) in [5.41, 5.74) is 1.27. The number of aryl methyl sites for hydroxylation is 1. The van der Waals surface area contributed by atoms with Crippen LogP contribution in [0.4, 0.5) is 4.79 Å². The zero-order valence-electron chi connectivity index (χ0n) is 24.4. The van der Waals surface area contributed by atoms with E-state index in [1.54, 1.807) is 25.7 Å². The minimum absolute atomic E-state index is 0.00478. The van der Waals surface area contributed by atoms with Gasteiger partial charge in [-0.15, -0.1) is 0 Å². The van der Waals surface area contributed by atoms with Gasteiger partial charge in [-0.1, -0.05) is 65.3 Å². The van der Waals surface area contributed by atoms with E-state index in [-0.39, 0.29) is 35.7 Å². The predicted molar refractivity (Wildman–Crippen MR) is 148 cm³/mol. The molecule has 7 nitrogen and oxygen atoms in total. The van der Waals surface area contributed by atoms with Crippen LogP contribution in [0.5, 0.6) is 0 Å². The summed E-state index contributed by atoms with van der Waals surface area (Å²) < 4.78 is 5.47. The van der Waals surface area contributed by atoms with Gasteiger partial charge in [0.05, 0.1) is 0 Å². The van der Waals surface area contributed by atoms with Crippen LogP contribution in [0.3, 0.4) is 0 Å². The summed E-state index contributed by atoms with van der Waals surface area (Å²) in [6.07, 6.45) is 3.36. The number of nitrogens with zero attached hydrogens (tertiary/aromatic N) is 1. The summed E-state index contributed by atoms with van der Waals surface area (Å²) in [5, 5.41) is 5.97. The molecule has 7 heteroatoms. The maximum absolute atomic E-state index is 14.2. The van der Waals surface area contributed by atoms with E-state index in [0.29, 0.717) is 6.42 Å². The Labute approximate surface area is 224 Å². The van der Waals surface area contributed by atoms with Gasteiger partial charge in [0.1, 0.15) is 17.7 Å². The number of hydrogen-bond donors (Lipinski definition) is 2. The second-order valence-corrected chi connectivity index (χ2v) is 12.1. The van der Waals surface area contributed by atoms with Crippen LogP contribution in [-0.4, -0.2) is 46.5 Å². The molecule has 37 heavy (non-hydrogen) atoms. The fraction of sp³-hybridized carbons (Fsp3) is 0.700. The van der Waals surface area contributed by atoms with E-state index in [2.05, 4.69) is 31.4 Å². The normalized spacial score (nSPS) is 19.5. The molecule has 3 amide bonds. The van der Waals surface area contributed by atoms with Gasteiger partial charge in [-0.3, -0.25) is 9.59 Å². The number of carbonyl (C=O) groups excluding carboxylic acids is 3. The highest BCUT2D eigenvalue weighted by molar-refractivity contribution is 5.92. The van der Waals surface area contributed by atoms with Crippen molar-refractivity contribution < 1.29 is 19.1 Å². The highest BCUT2D eigenvalue weighted by atomic mass is 16.6. The fourth-order valence-corrected chi connectivity index (χ4v) is 4.70. The Balaban J connectivity index is 2.49. The maximum atomic E-state index is 14.2. The van der Waals surface area contributed by atoms with E-state index in [1.165, 1.54) is 5.56 Å². The Morgan fingerprint density at radius 1 is 1.05 bits per heavy atom. The van der Waals surface area contributed by atoms with Crippen molar-refractivity contribution in [3.05, 3.63) is 35.4 Å². The van der Waals surface area contributed by atoms with Crippen molar-refractivity contribution in [2.45, 2.75) is 124 Å². The van der Waals surface area contributed by atoms with E-state index in [1.807, 2.05) is 45.0 Å². The lowest BCUT2D eigenvalue weighted by molar-refractivity contribution is -0.144. The summed E-state index contributed by atoms with van der Waals surface area (Å²) in [5.74, 6) is 0.0153. The Morgan fingerprint density at radius 3 is 2.11 bits per heavy atom. The largest absolute Gasteiger partial charge is 0.444 e. The average Bonchev–Trinajstić information content (AvgIpc) is 3.50. The van der Waals surface area contributed by atoms with Crippen molar-refractivity contribution in [3.63, 3.8) is 0 Å². The molecule has 2 rings (SSSR count). The zero-order valence-corrected chi connectivity index (χ0v) is 24.4. The lowest BCUT2D eigenvalue weighted by atomic mass is 9.97. The Morgan fingerprint density at radius 2 is 1.65 bits per heavy atom. The summed E-state index contributed by atoms with van der Waals surface area (Å²) >= 11 is 0. The van der Waals surface area contributed by atoms with Crippen molar-refractivity contribution in [1.82, 2.24) is 15.5 Å². The molecule has 1 saturated carbocycles. The van der Waals surface area contributed by atoms with Crippen LogP contribution >= 0.6 is 0 Å². The first-order chi connectivity index (χ1) is 17.3. The highest BCUT2D eigenvalue weighted by Gasteiger charge is 2.48. The molecule has 1 aromatic rings. The molecule has 2 N–H and O–H groups in total. The molecule has 0 radical (unpaired) electrons. The summed E-state index contributed by atoms with van der Waals surface area (Å²) in [7, 11) is 0. The Kier molecular flexibility index (Phi) is 11.0. The number of alkyl carbamates (subject to hydrolysis) is 1. The van der Waals surface area contributed by atoms with Crippen LogP contribution in [0.2, 0.25) is 0 Å². The van der Waals surface area contributed by atoms with E-state index >= 15 is 0 Å². The number of rotatable bonds is 12. The molecular weight excluding hydrogens is 466 g/mol. The molecule has 5 unspecified atom stereocenters. The topological polar surface area (TPSA) is 87.7 Å². The lowest BCUT2D eigenvalue weighted by Crippen LogP contribution is -2.55. The van der Waals surface area contributed by atoms with Crippen LogP contribution < -0.4 is 10.6 Å².